The minimum absolute atomic E-state index is 0.225. The summed E-state index contributed by atoms with van der Waals surface area (Å²) in [5.74, 6) is 5.01. The first-order valence-corrected chi connectivity index (χ1v) is 27.6. The van der Waals surface area contributed by atoms with Crippen molar-refractivity contribution in [3.05, 3.63) is 132 Å². The number of rotatable bonds is 2. The molecule has 0 aliphatic carbocycles. The van der Waals surface area contributed by atoms with Crippen LogP contribution in [0.15, 0.2) is 115 Å². The summed E-state index contributed by atoms with van der Waals surface area (Å²) in [4.78, 5) is 10.6. The van der Waals surface area contributed by atoms with Crippen molar-refractivity contribution in [1.29, 1.82) is 0 Å². The zero-order valence-corrected chi connectivity index (χ0v) is 43.4. The molecule has 6 aromatic carbocycles. The van der Waals surface area contributed by atoms with Crippen LogP contribution in [-0.2, 0) is 22.6 Å². The van der Waals surface area contributed by atoms with E-state index in [0.717, 1.165) is 28.2 Å². The van der Waals surface area contributed by atoms with Gasteiger partial charge in [-0.2, -0.15) is 0 Å². The second-order valence-corrected chi connectivity index (χ2v) is 25.0. The van der Waals surface area contributed by atoms with Crippen LogP contribution >= 0.6 is 17.2 Å². The molecule has 0 saturated heterocycles. The fourth-order valence-corrected chi connectivity index (χ4v) is 14.0. The number of benzene rings is 6. The molecule has 0 atom stereocenters. The molecular weight excluding hydrogens is 1040 g/mol. The summed E-state index contributed by atoms with van der Waals surface area (Å²) < 4.78 is 52.7. The van der Waals surface area contributed by atoms with Crippen LogP contribution in [0.1, 0.15) is 79.0 Å². The van der Waals surface area contributed by atoms with Crippen LogP contribution in [0.5, 0.6) is 46.0 Å². The molecule has 0 aromatic heterocycles. The number of fused-ring (bicyclic) bond motifs is 2. The first-order chi connectivity index (χ1) is 29.6. The number of para-hydroxylation sites is 3. The standard InChI is InChI=1S/C30H36O6P2.C18H12O4.2Sb.2H/c1-28(2,3)19-13-10-16-22-25(19)34-38-35-26-20(29(4,5)6)14-11-17-23(26)32-37(31-22)33-24-18-12-15-21(27(24)36-38)30(7,8)9;19-21-15-7-3-5-13(11-15)17-9-1-2-10-18(17)14-6-4-8-16(12-14)22-20;;;;/h10-18H,1-9H3;1-10,19-20H;;;;/q;;2*+1;;/p-2. The first kappa shape index (κ1) is 43.4. The SMILES string of the molecule is CC(C)(C)c1cccc2c1OP1Oc3c(cccc3C(C)(C)C)OP(O2)Oc2cccc(C(C)(C)C)c2O1.c1ccc(-c2cccc3[c]2[SbH][O]O3)c(-c2cccc3[c]2[SbH][O]O3)c1. The fourth-order valence-electron chi connectivity index (χ4n) is 7.42. The number of hydrogen-bond donors (Lipinski definition) is 0. The molecule has 11 rings (SSSR count). The van der Waals surface area contributed by atoms with E-state index in [2.05, 4.69) is 98.7 Å². The molecule has 5 aliphatic rings. The molecule has 0 radical (unpaired) electrons. The summed E-state index contributed by atoms with van der Waals surface area (Å²) in [6.07, 6.45) is 0. The molecule has 0 amide bonds. The molecule has 5 aliphatic heterocycles. The van der Waals surface area contributed by atoms with Crippen LogP contribution in [0.4, 0.5) is 0 Å². The normalized spacial score (nSPS) is 17.2. The maximum atomic E-state index is 6.70. The van der Waals surface area contributed by atoms with Crippen molar-refractivity contribution in [2.45, 2.75) is 78.6 Å². The molecule has 62 heavy (non-hydrogen) atoms. The molecule has 0 spiro atoms. The Morgan fingerprint density at radius 2 is 0.645 bits per heavy atom. The van der Waals surface area contributed by atoms with Crippen molar-refractivity contribution < 1.29 is 43.2 Å². The Morgan fingerprint density at radius 3 is 1.00 bits per heavy atom. The summed E-state index contributed by atoms with van der Waals surface area (Å²) in [6, 6.07) is 38.4. The van der Waals surface area contributed by atoms with Crippen molar-refractivity contribution in [3.63, 3.8) is 0 Å². The summed E-state index contributed by atoms with van der Waals surface area (Å²) in [7, 11) is -3.97. The third-order valence-electron chi connectivity index (χ3n) is 10.5. The molecule has 0 fully saturated rings. The molecule has 0 unspecified atom stereocenters. The van der Waals surface area contributed by atoms with E-state index < -0.39 is 61.3 Å². The Labute approximate surface area is 387 Å². The molecule has 6 aromatic rings. The predicted octanol–water partition coefficient (Wildman–Crippen LogP) is 11.4. The fraction of sp³-hybridized carbons (Fsp3) is 0.250. The van der Waals surface area contributed by atoms with Crippen molar-refractivity contribution >= 4 is 68.3 Å². The van der Waals surface area contributed by atoms with E-state index in [0.29, 0.717) is 34.5 Å². The van der Waals surface area contributed by atoms with Gasteiger partial charge in [-0.3, -0.25) is 0 Å². The van der Waals surface area contributed by atoms with Crippen LogP contribution in [0.25, 0.3) is 22.3 Å². The molecule has 0 N–H and O–H groups in total. The van der Waals surface area contributed by atoms with Gasteiger partial charge in [0.2, 0.25) is 0 Å². The van der Waals surface area contributed by atoms with Gasteiger partial charge in [-0.15, -0.1) is 0 Å². The monoisotopic (exact) mass is 1090 g/mol. The zero-order chi connectivity index (χ0) is 43.4. The predicted molar refractivity (Wildman–Crippen MR) is 247 cm³/mol. The van der Waals surface area contributed by atoms with Crippen molar-refractivity contribution in [1.82, 2.24) is 0 Å². The van der Waals surface area contributed by atoms with Gasteiger partial charge in [-0.25, -0.2) is 0 Å². The van der Waals surface area contributed by atoms with Crippen molar-refractivity contribution in [2.75, 3.05) is 0 Å². The van der Waals surface area contributed by atoms with E-state index in [1.807, 2.05) is 78.9 Å². The van der Waals surface area contributed by atoms with E-state index in [9.17, 15) is 0 Å². The minimum atomic E-state index is -2.01. The van der Waals surface area contributed by atoms with E-state index in [1.165, 1.54) is 29.3 Å². The Bertz CT molecular complexity index is 2410. The average Bonchev–Trinajstić information content (AvgIpc) is 3.92. The number of hydrogen-bond acceptors (Lipinski definition) is 10. The zero-order valence-electron chi connectivity index (χ0n) is 35.9. The molecule has 0 saturated carbocycles. The van der Waals surface area contributed by atoms with E-state index >= 15 is 0 Å². The van der Waals surface area contributed by atoms with Crippen molar-refractivity contribution in [3.8, 4) is 68.2 Å². The Hall–Kier alpha value is -3.86. The topological polar surface area (TPSA) is 92.3 Å². The summed E-state index contributed by atoms with van der Waals surface area (Å²) in [5.41, 5.74) is 7.10. The van der Waals surface area contributed by atoms with Gasteiger partial charge in [0, 0.05) is 16.7 Å². The van der Waals surface area contributed by atoms with Gasteiger partial charge in [0.25, 0.3) is 0 Å². The van der Waals surface area contributed by atoms with E-state index in [1.54, 1.807) is 0 Å². The van der Waals surface area contributed by atoms with Gasteiger partial charge >= 0.3 is 179 Å². The van der Waals surface area contributed by atoms with Gasteiger partial charge in [0.05, 0.1) is 0 Å². The van der Waals surface area contributed by atoms with Gasteiger partial charge in [-0.1, -0.05) is 98.7 Å². The second kappa shape index (κ2) is 17.3. The van der Waals surface area contributed by atoms with Crippen LogP contribution in [0.3, 0.4) is 0 Å². The Balaban J connectivity index is 0.000000174. The quantitative estimate of drug-likeness (QED) is 0.0948. The average molecular weight is 1090 g/mol. The molecule has 14 heteroatoms. The Morgan fingerprint density at radius 1 is 0.339 bits per heavy atom. The molecule has 5 heterocycles. The van der Waals surface area contributed by atoms with Crippen LogP contribution in [0, 0.1) is 0 Å². The van der Waals surface area contributed by atoms with Crippen LogP contribution < -0.4 is 43.9 Å². The van der Waals surface area contributed by atoms with Gasteiger partial charge in [0.1, 0.15) is 0 Å². The Kier molecular flexibility index (Phi) is 12.1. The first-order valence-electron chi connectivity index (χ1n) is 20.3. The third kappa shape index (κ3) is 8.82. The van der Waals surface area contributed by atoms with Crippen molar-refractivity contribution in [2.24, 2.45) is 0 Å². The summed E-state index contributed by atoms with van der Waals surface area (Å²) in [6.45, 7) is 19.2. The second-order valence-electron chi connectivity index (χ2n) is 18.1. The van der Waals surface area contributed by atoms with Gasteiger partial charge in [-0.05, 0) is 34.4 Å². The van der Waals surface area contributed by atoms with E-state index in [-0.39, 0.29) is 16.2 Å². The van der Waals surface area contributed by atoms with Gasteiger partial charge in [0.15, 0.2) is 34.5 Å². The maximum absolute atomic E-state index is 6.70. The van der Waals surface area contributed by atoms with Crippen LogP contribution in [0.2, 0.25) is 0 Å². The third-order valence-corrected chi connectivity index (χ3v) is 17.6. The van der Waals surface area contributed by atoms with Crippen LogP contribution in [-0.4, -0.2) is 44.1 Å². The summed E-state index contributed by atoms with van der Waals surface area (Å²) in [5, 5.41) is 0. The molecule has 2 bridgehead atoms. The molecule has 10 nitrogen and oxygen atoms in total. The molecule has 320 valence electrons. The summed E-state index contributed by atoms with van der Waals surface area (Å²) >= 11 is -2.29. The van der Waals surface area contributed by atoms with Gasteiger partial charge < -0.3 is 27.1 Å². The van der Waals surface area contributed by atoms with E-state index in [4.69, 9.17) is 43.2 Å². The molecular formula is C48H48O10P2Sb2.